The molecule has 1 aliphatic rings. The number of hydrogen-bond acceptors (Lipinski definition) is 2. The van der Waals surface area contributed by atoms with E-state index in [4.69, 9.17) is 4.74 Å². The first-order chi connectivity index (χ1) is 8.95. The van der Waals surface area contributed by atoms with Crippen molar-refractivity contribution >= 4 is 0 Å². The molecule has 1 N–H and O–H groups in total. The van der Waals surface area contributed by atoms with E-state index in [9.17, 15) is 5.11 Å². The smallest absolute Gasteiger partial charge is 0.156 e. The Balaban J connectivity index is 3.28. The van der Waals surface area contributed by atoms with Crippen molar-refractivity contribution in [3.63, 3.8) is 0 Å². The number of methoxy groups -OCH3 is 1. The molecule has 0 aromatic rings. The zero-order chi connectivity index (χ0) is 15.8. The Morgan fingerprint density at radius 2 is 1.55 bits per heavy atom. The largest absolute Gasteiger partial charge is 0.508 e. The molecule has 1 rings (SSSR count). The van der Waals surface area contributed by atoms with Crippen LogP contribution in [0.1, 0.15) is 67.7 Å². The van der Waals surface area contributed by atoms with E-state index in [1.54, 1.807) is 7.11 Å². The zero-order valence-corrected chi connectivity index (χ0v) is 14.6. The molecule has 0 unspecified atom stereocenters. The number of aliphatic hydroxyl groups is 1. The van der Waals surface area contributed by atoms with Crippen LogP contribution in [0.2, 0.25) is 0 Å². The van der Waals surface area contributed by atoms with Gasteiger partial charge in [-0.05, 0) is 35.2 Å². The summed E-state index contributed by atoms with van der Waals surface area (Å²) in [4.78, 5) is 0. The van der Waals surface area contributed by atoms with Crippen LogP contribution in [0.5, 0.6) is 0 Å². The lowest BCUT2D eigenvalue weighted by Gasteiger charge is -2.52. The van der Waals surface area contributed by atoms with Gasteiger partial charge in [-0.1, -0.05) is 54.0 Å². The molecule has 20 heavy (non-hydrogen) atoms. The molecule has 0 aromatic carbocycles. The molecule has 2 nitrogen and oxygen atoms in total. The quantitative estimate of drug-likeness (QED) is 0.728. The number of ether oxygens (including phenoxy) is 1. The molecule has 0 atom stereocenters. The summed E-state index contributed by atoms with van der Waals surface area (Å²) in [6, 6.07) is 0. The van der Waals surface area contributed by atoms with E-state index in [0.29, 0.717) is 17.9 Å². The van der Waals surface area contributed by atoms with E-state index < -0.39 is 0 Å². The van der Waals surface area contributed by atoms with E-state index in [1.807, 2.05) is 0 Å². The summed E-state index contributed by atoms with van der Waals surface area (Å²) >= 11 is 0. The van der Waals surface area contributed by atoms with E-state index in [-0.39, 0.29) is 16.2 Å². The molecule has 0 spiro atoms. The lowest BCUT2D eigenvalue weighted by atomic mass is 9.53. The van der Waals surface area contributed by atoms with Gasteiger partial charge >= 0.3 is 0 Å². The fourth-order valence-electron chi connectivity index (χ4n) is 2.89. The van der Waals surface area contributed by atoms with Gasteiger partial charge in [-0.25, -0.2) is 0 Å². The maximum absolute atomic E-state index is 10.0. The average Bonchev–Trinajstić information content (AvgIpc) is 2.49. The van der Waals surface area contributed by atoms with Crippen LogP contribution in [0.4, 0.5) is 0 Å². The van der Waals surface area contributed by atoms with Crippen molar-refractivity contribution < 1.29 is 9.84 Å². The first kappa shape index (κ1) is 17.1. The number of rotatable bonds is 3. The number of aliphatic hydroxyl groups excluding tert-OH is 1. The first-order valence-corrected chi connectivity index (χ1v) is 7.62. The molecule has 0 bridgehead atoms. The molecule has 0 amide bonds. The van der Waals surface area contributed by atoms with Gasteiger partial charge in [0.05, 0.1) is 7.11 Å². The van der Waals surface area contributed by atoms with E-state index in [1.165, 1.54) is 5.57 Å². The molecular weight excluding hydrogens is 248 g/mol. The SMILES string of the molecule is COC1=C(O)CCCC(C(C)(C)C(C)(C)C(C)(C)C)=C1. The Bertz CT molecular complexity index is 417. The predicted octanol–water partition coefficient (Wildman–Crippen LogP) is 5.61. The Hall–Kier alpha value is -0.920. The predicted molar refractivity (Wildman–Crippen MR) is 85.6 cm³/mol. The molecule has 0 saturated carbocycles. The standard InChI is InChI=1S/C18H32O2/c1-16(2,3)18(6,7)17(4,5)13-10-9-11-14(19)15(12-13)20-8/h12,19H,9-11H2,1-8H3. The summed E-state index contributed by atoms with van der Waals surface area (Å²) in [6.07, 6.45) is 4.77. The maximum atomic E-state index is 10.0. The van der Waals surface area contributed by atoms with Crippen molar-refractivity contribution in [1.82, 2.24) is 0 Å². The van der Waals surface area contributed by atoms with Gasteiger partial charge < -0.3 is 9.84 Å². The summed E-state index contributed by atoms with van der Waals surface area (Å²) in [6.45, 7) is 16.2. The van der Waals surface area contributed by atoms with Gasteiger partial charge in [-0.2, -0.15) is 0 Å². The molecular formula is C18H32O2. The minimum Gasteiger partial charge on any atom is -0.508 e. The van der Waals surface area contributed by atoms with Crippen LogP contribution >= 0.6 is 0 Å². The van der Waals surface area contributed by atoms with E-state index in [2.05, 4.69) is 54.5 Å². The highest BCUT2D eigenvalue weighted by Gasteiger charge is 2.47. The van der Waals surface area contributed by atoms with Crippen LogP contribution in [-0.2, 0) is 4.74 Å². The fraction of sp³-hybridized carbons (Fsp3) is 0.778. The highest BCUT2D eigenvalue weighted by Crippen LogP contribution is 2.55. The summed E-state index contributed by atoms with van der Waals surface area (Å²) in [5.41, 5.74) is 1.74. The summed E-state index contributed by atoms with van der Waals surface area (Å²) < 4.78 is 5.36. The highest BCUT2D eigenvalue weighted by atomic mass is 16.5. The topological polar surface area (TPSA) is 29.5 Å². The fourth-order valence-corrected chi connectivity index (χ4v) is 2.89. The normalized spacial score (nSPS) is 18.7. The van der Waals surface area contributed by atoms with Gasteiger partial charge in [-0.15, -0.1) is 0 Å². The third kappa shape index (κ3) is 2.89. The molecule has 0 radical (unpaired) electrons. The molecule has 116 valence electrons. The second-order valence-electron chi connectivity index (χ2n) is 8.04. The number of allylic oxidation sites excluding steroid dienone is 3. The highest BCUT2D eigenvalue weighted by molar-refractivity contribution is 5.29. The van der Waals surface area contributed by atoms with Gasteiger partial charge in [0.1, 0.15) is 5.76 Å². The van der Waals surface area contributed by atoms with Crippen LogP contribution in [0, 0.1) is 16.2 Å². The molecule has 0 heterocycles. The van der Waals surface area contributed by atoms with E-state index >= 15 is 0 Å². The lowest BCUT2D eigenvalue weighted by molar-refractivity contribution is 0.0154. The van der Waals surface area contributed by atoms with Crippen molar-refractivity contribution in [2.24, 2.45) is 16.2 Å². The Labute approximate surface area is 124 Å². The monoisotopic (exact) mass is 280 g/mol. The summed E-state index contributed by atoms with van der Waals surface area (Å²) in [7, 11) is 1.63. The van der Waals surface area contributed by atoms with Crippen LogP contribution < -0.4 is 0 Å². The third-order valence-corrected chi connectivity index (χ3v) is 5.91. The molecule has 1 aliphatic carbocycles. The molecule has 2 heteroatoms. The third-order valence-electron chi connectivity index (χ3n) is 5.91. The van der Waals surface area contributed by atoms with Crippen molar-refractivity contribution in [3.8, 4) is 0 Å². The van der Waals surface area contributed by atoms with Gasteiger partial charge in [0.2, 0.25) is 0 Å². The second-order valence-corrected chi connectivity index (χ2v) is 8.04. The maximum Gasteiger partial charge on any atom is 0.156 e. The van der Waals surface area contributed by atoms with Crippen molar-refractivity contribution in [2.75, 3.05) is 7.11 Å². The molecule has 0 fully saturated rings. The molecule has 0 saturated heterocycles. The minimum atomic E-state index is 0.0413. The molecule has 0 aromatic heterocycles. The van der Waals surface area contributed by atoms with Gasteiger partial charge in [0.25, 0.3) is 0 Å². The zero-order valence-electron chi connectivity index (χ0n) is 14.6. The Kier molecular flexibility index (Phi) is 4.68. The first-order valence-electron chi connectivity index (χ1n) is 7.62. The van der Waals surface area contributed by atoms with E-state index in [0.717, 1.165) is 12.8 Å². The number of hydrogen-bond donors (Lipinski definition) is 1. The van der Waals surface area contributed by atoms with Crippen LogP contribution in [-0.4, -0.2) is 12.2 Å². The van der Waals surface area contributed by atoms with Gasteiger partial charge in [0, 0.05) is 6.42 Å². The lowest BCUT2D eigenvalue weighted by Crippen LogP contribution is -2.44. The Morgan fingerprint density at radius 1 is 1.00 bits per heavy atom. The van der Waals surface area contributed by atoms with Crippen LogP contribution in [0.3, 0.4) is 0 Å². The molecule has 0 aliphatic heterocycles. The van der Waals surface area contributed by atoms with Crippen molar-refractivity contribution in [1.29, 1.82) is 0 Å². The Morgan fingerprint density at radius 3 is 2.00 bits per heavy atom. The van der Waals surface area contributed by atoms with Crippen LogP contribution in [0.15, 0.2) is 23.2 Å². The van der Waals surface area contributed by atoms with Gasteiger partial charge in [-0.3, -0.25) is 0 Å². The van der Waals surface area contributed by atoms with Crippen LogP contribution in [0.25, 0.3) is 0 Å². The second kappa shape index (κ2) is 5.46. The van der Waals surface area contributed by atoms with Crippen molar-refractivity contribution in [2.45, 2.75) is 67.7 Å². The van der Waals surface area contributed by atoms with Gasteiger partial charge in [0.15, 0.2) is 5.76 Å². The van der Waals surface area contributed by atoms with Crippen molar-refractivity contribution in [3.05, 3.63) is 23.2 Å². The minimum absolute atomic E-state index is 0.0413. The summed E-state index contributed by atoms with van der Waals surface area (Å²) in [5, 5.41) is 10.0. The average molecular weight is 280 g/mol. The summed E-state index contributed by atoms with van der Waals surface area (Å²) in [5.74, 6) is 1.02.